The maximum absolute atomic E-state index is 14.0. The van der Waals surface area contributed by atoms with Gasteiger partial charge in [-0.1, -0.05) is 0 Å². The molecule has 2 aliphatic rings. The van der Waals surface area contributed by atoms with Gasteiger partial charge in [0.2, 0.25) is 15.8 Å². The lowest BCUT2D eigenvalue weighted by molar-refractivity contribution is 0.0928. The average molecular weight is 487 g/mol. The van der Waals surface area contributed by atoms with Crippen LogP contribution in [0.2, 0.25) is 0 Å². The Hall–Kier alpha value is -2.44. The summed E-state index contributed by atoms with van der Waals surface area (Å²) in [5, 5.41) is 2.51. The van der Waals surface area contributed by atoms with Gasteiger partial charge in [-0.25, -0.2) is 26.6 Å². The van der Waals surface area contributed by atoms with Gasteiger partial charge in [0.25, 0.3) is 5.91 Å². The molecule has 1 aromatic carbocycles. The fourth-order valence-corrected chi connectivity index (χ4v) is 6.80. The maximum atomic E-state index is 14.0. The summed E-state index contributed by atoms with van der Waals surface area (Å²) in [6.07, 6.45) is 4.78. The number of benzene rings is 1. The molecule has 2 aliphatic heterocycles. The minimum absolute atomic E-state index is 0.000239. The lowest BCUT2D eigenvalue weighted by Gasteiger charge is -2.40. The molecule has 1 aromatic heterocycles. The number of aromatic nitrogens is 1. The molecule has 2 fully saturated rings. The van der Waals surface area contributed by atoms with Crippen molar-refractivity contribution in [2.75, 3.05) is 12.3 Å². The molecule has 2 aromatic rings. The minimum atomic E-state index is -3.63. The van der Waals surface area contributed by atoms with Crippen molar-refractivity contribution in [3.8, 4) is 0 Å². The Bertz CT molecular complexity index is 1100. The van der Waals surface area contributed by atoms with E-state index in [2.05, 4.69) is 10.3 Å². The van der Waals surface area contributed by atoms with Crippen molar-refractivity contribution in [1.82, 2.24) is 14.6 Å². The number of amides is 1. The van der Waals surface area contributed by atoms with Crippen molar-refractivity contribution in [3.05, 3.63) is 53.5 Å². The smallest absolute Gasteiger partial charge is 0.288 e. The second-order valence-corrected chi connectivity index (χ2v) is 10.6. The van der Waals surface area contributed by atoms with Gasteiger partial charge in [0.15, 0.2) is 18.0 Å². The van der Waals surface area contributed by atoms with Crippen molar-refractivity contribution in [2.45, 2.75) is 50.2 Å². The molecule has 0 radical (unpaired) electrons. The molecule has 2 bridgehead atoms. The van der Waals surface area contributed by atoms with Crippen LogP contribution in [0.15, 0.2) is 29.1 Å². The predicted molar refractivity (Wildman–Crippen MR) is 112 cm³/mol. The number of carbonyl (C=O) groups excluding carboxylic acids is 1. The summed E-state index contributed by atoms with van der Waals surface area (Å²) in [6, 6.07) is 0.358. The Morgan fingerprint density at radius 3 is 2.48 bits per heavy atom. The molecule has 0 saturated carbocycles. The highest BCUT2D eigenvalue weighted by Crippen LogP contribution is 2.42. The van der Waals surface area contributed by atoms with Crippen LogP contribution < -0.4 is 11.1 Å². The van der Waals surface area contributed by atoms with E-state index in [-0.39, 0.29) is 48.0 Å². The van der Waals surface area contributed by atoms with Crippen LogP contribution in [0.5, 0.6) is 0 Å². The van der Waals surface area contributed by atoms with Crippen LogP contribution in [0.25, 0.3) is 0 Å². The Kier molecular flexibility index (Phi) is 6.78. The molecule has 3 N–H and O–H groups in total. The van der Waals surface area contributed by atoms with Gasteiger partial charge in [-0.05, 0) is 49.7 Å². The zero-order valence-corrected chi connectivity index (χ0v) is 18.5. The molecule has 8 nitrogen and oxygen atoms in total. The van der Waals surface area contributed by atoms with Gasteiger partial charge in [0.1, 0.15) is 5.82 Å². The third kappa shape index (κ3) is 5.07. The topological polar surface area (TPSA) is 119 Å². The Morgan fingerprint density at radius 2 is 1.85 bits per heavy atom. The largest absolute Gasteiger partial charge is 0.438 e. The molecule has 2 saturated heterocycles. The number of sulfonamides is 1. The molecule has 0 aliphatic carbocycles. The molecular weight excluding hydrogens is 461 g/mol. The number of fused-ring (bicyclic) bond motifs is 2. The molecule has 4 rings (SSSR count). The fraction of sp³-hybridized carbons (Fsp3) is 0.524. The highest BCUT2D eigenvalue weighted by molar-refractivity contribution is 7.89. The molecule has 12 heteroatoms. The van der Waals surface area contributed by atoms with Gasteiger partial charge >= 0.3 is 0 Å². The maximum Gasteiger partial charge on any atom is 0.288 e. The SMILES string of the molecule is N[C@H](Cc1cc(F)c(F)cc1F)C1C[C@H]2CC[C@@H](C1)N2S(=O)(=O)CCNC(=O)c1cnco1. The summed E-state index contributed by atoms with van der Waals surface area (Å²) in [7, 11) is -3.63. The monoisotopic (exact) mass is 486 g/mol. The number of rotatable bonds is 8. The van der Waals surface area contributed by atoms with Crippen LogP contribution in [0.3, 0.4) is 0 Å². The molecule has 3 heterocycles. The highest BCUT2D eigenvalue weighted by Gasteiger charge is 2.47. The minimum Gasteiger partial charge on any atom is -0.438 e. The van der Waals surface area contributed by atoms with E-state index in [4.69, 9.17) is 10.2 Å². The number of hydrogen-bond acceptors (Lipinski definition) is 6. The summed E-state index contributed by atoms with van der Waals surface area (Å²) < 4.78 is 73.1. The van der Waals surface area contributed by atoms with E-state index in [9.17, 15) is 26.4 Å². The Morgan fingerprint density at radius 1 is 1.18 bits per heavy atom. The third-order valence-corrected chi connectivity index (χ3v) is 8.43. The summed E-state index contributed by atoms with van der Waals surface area (Å²) in [4.78, 5) is 15.5. The quantitative estimate of drug-likeness (QED) is 0.551. The first-order valence-corrected chi connectivity index (χ1v) is 12.3. The normalized spacial score (nSPS) is 24.1. The number of oxazole rings is 1. The van der Waals surface area contributed by atoms with Crippen LogP contribution >= 0.6 is 0 Å². The molecule has 180 valence electrons. The molecule has 1 unspecified atom stereocenters. The zero-order valence-electron chi connectivity index (χ0n) is 17.7. The molecule has 33 heavy (non-hydrogen) atoms. The summed E-state index contributed by atoms with van der Waals surface area (Å²) in [6.45, 7) is -0.0733. The second kappa shape index (κ2) is 9.43. The van der Waals surface area contributed by atoms with Gasteiger partial charge in [0, 0.05) is 30.7 Å². The predicted octanol–water partition coefficient (Wildman–Crippen LogP) is 1.96. The number of halogens is 3. The van der Waals surface area contributed by atoms with E-state index < -0.39 is 39.4 Å². The van der Waals surface area contributed by atoms with Gasteiger partial charge in [-0.3, -0.25) is 4.79 Å². The first-order valence-electron chi connectivity index (χ1n) is 10.7. The lowest BCUT2D eigenvalue weighted by atomic mass is 9.83. The van der Waals surface area contributed by atoms with E-state index in [0.717, 1.165) is 12.5 Å². The Labute approximate surface area is 189 Å². The van der Waals surface area contributed by atoms with Crippen LogP contribution in [0.1, 0.15) is 41.8 Å². The summed E-state index contributed by atoms with van der Waals surface area (Å²) in [5.41, 5.74) is 6.30. The van der Waals surface area contributed by atoms with Crippen LogP contribution in [0, 0.1) is 23.4 Å². The van der Waals surface area contributed by atoms with Gasteiger partial charge in [-0.2, -0.15) is 4.31 Å². The fourth-order valence-electron chi connectivity index (χ4n) is 4.93. The van der Waals surface area contributed by atoms with Crippen molar-refractivity contribution >= 4 is 15.9 Å². The number of nitrogens with two attached hydrogens (primary N) is 1. The first-order chi connectivity index (χ1) is 15.7. The molecule has 4 atom stereocenters. The van der Waals surface area contributed by atoms with Crippen LogP contribution in [-0.4, -0.2) is 54.0 Å². The number of carbonyl (C=O) groups is 1. The molecular formula is C21H25F3N4O4S. The van der Waals surface area contributed by atoms with Crippen molar-refractivity contribution < 1.29 is 30.8 Å². The van der Waals surface area contributed by atoms with E-state index in [0.29, 0.717) is 31.7 Å². The molecule has 1 amide bonds. The average Bonchev–Trinajstić information content (AvgIpc) is 3.39. The van der Waals surface area contributed by atoms with Gasteiger partial charge < -0.3 is 15.5 Å². The summed E-state index contributed by atoms with van der Waals surface area (Å²) in [5.74, 6) is -4.10. The van der Waals surface area contributed by atoms with E-state index in [1.54, 1.807) is 0 Å². The Balaban J connectivity index is 1.35. The number of piperidine rings is 1. The van der Waals surface area contributed by atoms with Crippen LogP contribution in [-0.2, 0) is 16.4 Å². The number of nitrogens with zero attached hydrogens (tertiary/aromatic N) is 2. The highest BCUT2D eigenvalue weighted by atomic mass is 32.2. The summed E-state index contributed by atoms with van der Waals surface area (Å²) >= 11 is 0. The van der Waals surface area contributed by atoms with E-state index in [1.165, 1.54) is 10.5 Å². The van der Waals surface area contributed by atoms with E-state index in [1.807, 2.05) is 0 Å². The van der Waals surface area contributed by atoms with Crippen LogP contribution in [0.4, 0.5) is 13.2 Å². The number of nitrogens with one attached hydrogen (secondary N) is 1. The standard InChI is InChI=1S/C21H25F3N4O4S/c22-16-9-18(24)17(23)7-12(16)8-19(25)13-5-14-1-2-15(6-13)28(14)33(30,31)4-3-27-21(29)20-10-26-11-32-20/h7,9-11,13-15,19H,1-6,8,25H2,(H,27,29)/t13?,14-,15+,19-/m1/s1. The van der Waals surface area contributed by atoms with Crippen molar-refractivity contribution in [1.29, 1.82) is 0 Å². The second-order valence-electron chi connectivity index (χ2n) is 8.61. The molecule has 0 spiro atoms. The van der Waals surface area contributed by atoms with E-state index >= 15 is 0 Å². The van der Waals surface area contributed by atoms with Crippen molar-refractivity contribution in [3.63, 3.8) is 0 Å². The number of hydrogen-bond donors (Lipinski definition) is 2. The third-order valence-electron chi connectivity index (χ3n) is 6.48. The lowest BCUT2D eigenvalue weighted by Crippen LogP contribution is -2.51. The first kappa shape index (κ1) is 23.7. The van der Waals surface area contributed by atoms with Crippen molar-refractivity contribution in [2.24, 2.45) is 11.7 Å². The van der Waals surface area contributed by atoms with Gasteiger partial charge in [0.05, 0.1) is 11.9 Å². The zero-order chi connectivity index (χ0) is 23.8. The van der Waals surface area contributed by atoms with Gasteiger partial charge in [-0.15, -0.1) is 0 Å².